The van der Waals surface area contributed by atoms with E-state index in [1.165, 1.54) is 6.08 Å². The second kappa shape index (κ2) is 10.4. The third kappa shape index (κ3) is 5.51. The minimum Gasteiger partial charge on any atom is -0.480 e. The maximum atomic E-state index is 12.3. The molecule has 1 aliphatic rings. The molecule has 2 amide bonds. The molecule has 3 N–H and O–H groups in total. The second-order valence-electron chi connectivity index (χ2n) is 7.35. The monoisotopic (exact) mass is 422 g/mol. The molecule has 162 valence electrons. The van der Waals surface area contributed by atoms with Gasteiger partial charge in [0.15, 0.2) is 0 Å². The van der Waals surface area contributed by atoms with Crippen molar-refractivity contribution in [3.63, 3.8) is 0 Å². The van der Waals surface area contributed by atoms with Crippen molar-refractivity contribution in [2.75, 3.05) is 13.2 Å². The van der Waals surface area contributed by atoms with Crippen LogP contribution < -0.4 is 10.6 Å². The van der Waals surface area contributed by atoms with Gasteiger partial charge in [-0.3, -0.25) is 4.79 Å². The van der Waals surface area contributed by atoms with Gasteiger partial charge in [0.25, 0.3) is 0 Å². The molecule has 0 heterocycles. The van der Waals surface area contributed by atoms with Crippen LogP contribution in [-0.4, -0.2) is 42.3 Å². The summed E-state index contributed by atoms with van der Waals surface area (Å²) < 4.78 is 5.41. The van der Waals surface area contributed by atoms with E-state index >= 15 is 0 Å². The Hall–Kier alpha value is -3.61. The van der Waals surface area contributed by atoms with E-state index < -0.39 is 18.1 Å². The van der Waals surface area contributed by atoms with Crippen LogP contribution in [0.15, 0.2) is 61.2 Å². The Morgan fingerprint density at radius 2 is 1.65 bits per heavy atom. The van der Waals surface area contributed by atoms with Gasteiger partial charge in [-0.15, -0.1) is 0 Å². The van der Waals surface area contributed by atoms with E-state index in [1.54, 1.807) is 0 Å². The number of rotatable bonds is 10. The second-order valence-corrected chi connectivity index (χ2v) is 7.35. The van der Waals surface area contributed by atoms with Crippen LogP contribution in [0.4, 0.5) is 4.79 Å². The SMILES string of the molecule is C=CC(=O)NCCCC[C@H](NC(=O)OCC1c2ccccc2-c2ccccc21)C(=O)O. The Balaban J connectivity index is 1.52. The highest BCUT2D eigenvalue weighted by atomic mass is 16.5. The van der Waals surface area contributed by atoms with Crippen molar-refractivity contribution in [3.05, 3.63) is 72.3 Å². The number of carboxylic acids is 1. The predicted octanol–water partition coefficient (Wildman–Crippen LogP) is 3.45. The summed E-state index contributed by atoms with van der Waals surface area (Å²) in [6.45, 7) is 3.91. The molecular weight excluding hydrogens is 396 g/mol. The Bertz CT molecular complexity index is 926. The van der Waals surface area contributed by atoms with E-state index in [0.29, 0.717) is 19.4 Å². The van der Waals surface area contributed by atoms with Gasteiger partial charge in [-0.2, -0.15) is 0 Å². The number of aliphatic carboxylic acids is 1. The molecule has 0 unspecified atom stereocenters. The van der Waals surface area contributed by atoms with Gasteiger partial charge in [0.2, 0.25) is 5.91 Å². The molecule has 0 aromatic heterocycles. The van der Waals surface area contributed by atoms with Crippen molar-refractivity contribution in [2.24, 2.45) is 0 Å². The average molecular weight is 422 g/mol. The zero-order valence-electron chi connectivity index (χ0n) is 17.2. The van der Waals surface area contributed by atoms with Crippen LogP contribution in [0.5, 0.6) is 0 Å². The zero-order chi connectivity index (χ0) is 22.2. The van der Waals surface area contributed by atoms with E-state index in [9.17, 15) is 19.5 Å². The lowest BCUT2D eigenvalue weighted by Gasteiger charge is -2.17. The molecule has 2 aromatic rings. The predicted molar refractivity (Wildman–Crippen MR) is 117 cm³/mol. The maximum absolute atomic E-state index is 12.3. The van der Waals surface area contributed by atoms with Gasteiger partial charge in [-0.1, -0.05) is 55.1 Å². The molecule has 7 nitrogen and oxygen atoms in total. The van der Waals surface area contributed by atoms with Gasteiger partial charge in [0, 0.05) is 12.5 Å². The molecule has 0 bridgehead atoms. The molecule has 31 heavy (non-hydrogen) atoms. The maximum Gasteiger partial charge on any atom is 0.407 e. The van der Waals surface area contributed by atoms with E-state index in [2.05, 4.69) is 17.2 Å². The molecule has 2 aromatic carbocycles. The Labute approximate surface area is 181 Å². The number of unbranched alkanes of at least 4 members (excludes halogenated alkanes) is 1. The Morgan fingerprint density at radius 1 is 1.03 bits per heavy atom. The highest BCUT2D eigenvalue weighted by molar-refractivity contribution is 5.86. The first-order valence-corrected chi connectivity index (χ1v) is 10.3. The normalized spacial score (nSPS) is 12.9. The fourth-order valence-electron chi connectivity index (χ4n) is 3.80. The first-order valence-electron chi connectivity index (χ1n) is 10.3. The third-order valence-electron chi connectivity index (χ3n) is 5.34. The minimum atomic E-state index is -1.12. The lowest BCUT2D eigenvalue weighted by molar-refractivity contribution is -0.139. The Kier molecular flexibility index (Phi) is 7.43. The number of alkyl carbamates (subject to hydrolysis) is 1. The highest BCUT2D eigenvalue weighted by Crippen LogP contribution is 2.44. The molecule has 0 saturated carbocycles. The van der Waals surface area contributed by atoms with E-state index in [1.807, 2.05) is 48.5 Å². The molecular formula is C24H26N2O5. The van der Waals surface area contributed by atoms with Crippen molar-refractivity contribution in [2.45, 2.75) is 31.2 Å². The number of carboxylic acid groups (broad SMARTS) is 1. The van der Waals surface area contributed by atoms with Crippen LogP contribution in [0.1, 0.15) is 36.3 Å². The molecule has 0 spiro atoms. The van der Waals surface area contributed by atoms with Crippen molar-refractivity contribution < 1.29 is 24.2 Å². The van der Waals surface area contributed by atoms with Gasteiger partial charge in [0.1, 0.15) is 12.6 Å². The fourth-order valence-corrected chi connectivity index (χ4v) is 3.80. The zero-order valence-corrected chi connectivity index (χ0v) is 17.2. The lowest BCUT2D eigenvalue weighted by atomic mass is 9.98. The van der Waals surface area contributed by atoms with Crippen molar-refractivity contribution in [1.82, 2.24) is 10.6 Å². The first-order chi connectivity index (χ1) is 15.0. The summed E-state index contributed by atoms with van der Waals surface area (Å²) in [4.78, 5) is 34.9. The van der Waals surface area contributed by atoms with Gasteiger partial charge in [-0.25, -0.2) is 9.59 Å². The molecule has 0 fully saturated rings. The fraction of sp³-hybridized carbons (Fsp3) is 0.292. The minimum absolute atomic E-state index is 0.0881. The molecule has 1 atom stereocenters. The molecule has 1 aliphatic carbocycles. The molecule has 0 saturated heterocycles. The van der Waals surface area contributed by atoms with Crippen LogP contribution >= 0.6 is 0 Å². The van der Waals surface area contributed by atoms with E-state index in [0.717, 1.165) is 22.3 Å². The number of amides is 2. The van der Waals surface area contributed by atoms with E-state index in [4.69, 9.17) is 4.74 Å². The molecule has 3 rings (SSSR count). The summed E-state index contributed by atoms with van der Waals surface area (Å²) in [5.74, 6) is -1.48. The Morgan fingerprint density at radius 3 is 2.23 bits per heavy atom. The quantitative estimate of drug-likeness (QED) is 0.402. The number of carbonyl (C=O) groups is 3. The van der Waals surface area contributed by atoms with Crippen LogP contribution in [-0.2, 0) is 14.3 Å². The largest absolute Gasteiger partial charge is 0.480 e. The van der Waals surface area contributed by atoms with Crippen LogP contribution in [0.3, 0.4) is 0 Å². The number of fused-ring (bicyclic) bond motifs is 3. The van der Waals surface area contributed by atoms with Gasteiger partial charge in [0.05, 0.1) is 0 Å². The molecule has 0 radical (unpaired) electrons. The number of hydrogen-bond acceptors (Lipinski definition) is 4. The summed E-state index contributed by atoms with van der Waals surface area (Å²) in [6, 6.07) is 15.0. The van der Waals surface area contributed by atoms with Crippen molar-refractivity contribution in [1.29, 1.82) is 0 Å². The summed E-state index contributed by atoms with van der Waals surface area (Å²) in [5.41, 5.74) is 4.43. The molecule has 7 heteroatoms. The van der Waals surface area contributed by atoms with Gasteiger partial charge < -0.3 is 20.5 Å². The van der Waals surface area contributed by atoms with Crippen molar-refractivity contribution in [3.8, 4) is 11.1 Å². The topological polar surface area (TPSA) is 105 Å². The third-order valence-corrected chi connectivity index (χ3v) is 5.34. The van der Waals surface area contributed by atoms with E-state index in [-0.39, 0.29) is 24.9 Å². The summed E-state index contributed by atoms with van der Waals surface area (Å²) in [5, 5.41) is 14.5. The molecule has 0 aliphatic heterocycles. The number of ether oxygens (including phenoxy) is 1. The standard InChI is InChI=1S/C24H26N2O5/c1-2-22(27)25-14-8-7-13-21(23(28)29)26-24(30)31-15-20-18-11-5-3-9-16(18)17-10-4-6-12-19(17)20/h2-6,9-12,20-21H,1,7-8,13-15H2,(H,25,27)(H,26,30)(H,28,29)/t21-/m0/s1. The van der Waals surface area contributed by atoms with Crippen LogP contribution in [0, 0.1) is 0 Å². The van der Waals surface area contributed by atoms with Gasteiger partial charge >= 0.3 is 12.1 Å². The summed E-state index contributed by atoms with van der Waals surface area (Å²) >= 11 is 0. The van der Waals surface area contributed by atoms with Gasteiger partial charge in [-0.05, 0) is 47.6 Å². The number of carbonyl (C=O) groups excluding carboxylic acids is 2. The van der Waals surface area contributed by atoms with Crippen LogP contribution in [0.25, 0.3) is 11.1 Å². The summed E-state index contributed by atoms with van der Waals surface area (Å²) in [7, 11) is 0. The number of nitrogens with one attached hydrogen (secondary N) is 2. The smallest absolute Gasteiger partial charge is 0.407 e. The highest BCUT2D eigenvalue weighted by Gasteiger charge is 2.29. The van der Waals surface area contributed by atoms with Crippen LogP contribution in [0.2, 0.25) is 0 Å². The van der Waals surface area contributed by atoms with Crippen molar-refractivity contribution >= 4 is 18.0 Å². The lowest BCUT2D eigenvalue weighted by Crippen LogP contribution is -2.41. The summed E-state index contributed by atoms with van der Waals surface area (Å²) in [6.07, 6.45) is 1.78. The first kappa shape index (κ1) is 22.1. The number of benzene rings is 2. The average Bonchev–Trinajstić information content (AvgIpc) is 3.10. The number of hydrogen-bond donors (Lipinski definition) is 3.